The summed E-state index contributed by atoms with van der Waals surface area (Å²) in [7, 11) is 0. The fourth-order valence-electron chi connectivity index (χ4n) is 1.97. The molecule has 0 aliphatic carbocycles. The molecular formula is C13H12Br2O2. The van der Waals surface area contributed by atoms with E-state index in [0.29, 0.717) is 6.61 Å². The number of ether oxygens (including phenoxy) is 1. The van der Waals surface area contributed by atoms with Crippen LogP contribution in [0.3, 0.4) is 0 Å². The number of esters is 1. The summed E-state index contributed by atoms with van der Waals surface area (Å²) in [5.74, 6) is -0.158. The third-order valence-corrected chi connectivity index (χ3v) is 4.42. The number of hydrogen-bond donors (Lipinski definition) is 0. The van der Waals surface area contributed by atoms with E-state index >= 15 is 0 Å². The Morgan fingerprint density at radius 1 is 1.41 bits per heavy atom. The van der Waals surface area contributed by atoms with Crippen molar-refractivity contribution >= 4 is 37.8 Å². The first-order valence-corrected chi connectivity index (χ1v) is 7.04. The minimum absolute atomic E-state index is 0.0595. The van der Waals surface area contributed by atoms with Gasteiger partial charge in [0.2, 0.25) is 0 Å². The highest BCUT2D eigenvalue weighted by molar-refractivity contribution is 9.11. The topological polar surface area (TPSA) is 26.3 Å². The third kappa shape index (κ3) is 2.63. The highest BCUT2D eigenvalue weighted by atomic mass is 79.9. The lowest BCUT2D eigenvalue weighted by Gasteiger charge is -2.17. The third-order valence-electron chi connectivity index (χ3n) is 2.83. The summed E-state index contributed by atoms with van der Waals surface area (Å²) >= 11 is 7.04. The van der Waals surface area contributed by atoms with Crippen molar-refractivity contribution < 1.29 is 9.53 Å². The molecule has 4 heteroatoms. The molecular weight excluding hydrogens is 348 g/mol. The van der Waals surface area contributed by atoms with Crippen LogP contribution in [0.15, 0.2) is 40.4 Å². The van der Waals surface area contributed by atoms with Crippen molar-refractivity contribution in [2.45, 2.75) is 11.8 Å². The van der Waals surface area contributed by atoms with E-state index in [4.69, 9.17) is 4.74 Å². The van der Waals surface area contributed by atoms with E-state index < -0.39 is 0 Å². The van der Waals surface area contributed by atoms with Gasteiger partial charge in [-0.1, -0.05) is 62.2 Å². The normalized spacial score (nSPS) is 24.4. The molecule has 17 heavy (non-hydrogen) atoms. The van der Waals surface area contributed by atoms with Gasteiger partial charge in [-0.05, 0) is 12.5 Å². The molecule has 1 aromatic rings. The summed E-state index contributed by atoms with van der Waals surface area (Å²) in [4.78, 5) is 11.7. The molecule has 1 aromatic carbocycles. The van der Waals surface area contributed by atoms with Gasteiger partial charge >= 0.3 is 5.97 Å². The zero-order valence-electron chi connectivity index (χ0n) is 9.32. The van der Waals surface area contributed by atoms with Gasteiger partial charge in [0.1, 0.15) is 6.61 Å². The van der Waals surface area contributed by atoms with Gasteiger partial charge in [-0.15, -0.1) is 0 Å². The van der Waals surface area contributed by atoms with Crippen molar-refractivity contribution in [1.82, 2.24) is 0 Å². The fraction of sp³-hybridized carbons (Fsp3) is 0.308. The van der Waals surface area contributed by atoms with Crippen molar-refractivity contribution in [2.24, 2.45) is 5.92 Å². The van der Waals surface area contributed by atoms with Crippen molar-refractivity contribution in [3.63, 3.8) is 0 Å². The van der Waals surface area contributed by atoms with E-state index in [9.17, 15) is 4.79 Å². The minimum atomic E-state index is -0.218. The lowest BCUT2D eigenvalue weighted by molar-refractivity contribution is -0.135. The number of hydrogen-bond acceptors (Lipinski definition) is 2. The van der Waals surface area contributed by atoms with Gasteiger partial charge in [0.15, 0.2) is 0 Å². The molecule has 1 heterocycles. The van der Waals surface area contributed by atoms with Crippen LogP contribution in [0, 0.1) is 5.92 Å². The predicted molar refractivity (Wildman–Crippen MR) is 74.2 cm³/mol. The Morgan fingerprint density at radius 3 is 2.65 bits per heavy atom. The van der Waals surface area contributed by atoms with Crippen LogP contribution in [0.5, 0.6) is 0 Å². The maximum absolute atomic E-state index is 11.6. The van der Waals surface area contributed by atoms with E-state index in [2.05, 4.69) is 31.9 Å². The number of carbonyl (C=O) groups excluding carboxylic acids is 1. The summed E-state index contributed by atoms with van der Waals surface area (Å²) in [5, 5.41) is 0. The molecule has 2 rings (SSSR count). The predicted octanol–water partition coefficient (Wildman–Crippen LogP) is 3.96. The largest absolute Gasteiger partial charge is 0.462 e. The molecule has 0 bridgehead atoms. The van der Waals surface area contributed by atoms with Crippen LogP contribution >= 0.6 is 31.9 Å². The molecule has 0 N–H and O–H groups in total. The fourth-order valence-corrected chi connectivity index (χ4v) is 3.15. The molecule has 0 unspecified atom stereocenters. The second kappa shape index (κ2) is 5.36. The number of cyclic esters (lactones) is 1. The smallest absolute Gasteiger partial charge is 0.335 e. The molecule has 0 aromatic heterocycles. The molecule has 90 valence electrons. The second-order valence-electron chi connectivity index (χ2n) is 3.96. The molecule has 1 aliphatic heterocycles. The van der Waals surface area contributed by atoms with Crippen LogP contribution < -0.4 is 0 Å². The van der Waals surface area contributed by atoms with Crippen LogP contribution in [0.2, 0.25) is 0 Å². The van der Waals surface area contributed by atoms with Gasteiger partial charge < -0.3 is 4.74 Å². The van der Waals surface area contributed by atoms with Crippen molar-refractivity contribution in [2.75, 3.05) is 6.61 Å². The van der Waals surface area contributed by atoms with Gasteiger partial charge in [-0.25, -0.2) is 4.79 Å². The maximum Gasteiger partial charge on any atom is 0.335 e. The molecule has 1 aliphatic rings. The molecule has 2 nitrogen and oxygen atoms in total. The maximum atomic E-state index is 11.6. The summed E-state index contributed by atoms with van der Waals surface area (Å²) in [6.45, 7) is 2.31. The quantitative estimate of drug-likeness (QED) is 0.453. The van der Waals surface area contributed by atoms with Gasteiger partial charge in [0.25, 0.3) is 0 Å². The van der Waals surface area contributed by atoms with Crippen LogP contribution in [-0.2, 0) is 9.53 Å². The number of alkyl halides is 1. The average Bonchev–Trinajstić information content (AvgIpc) is 2.71. The molecule has 0 spiro atoms. The average molecular weight is 360 g/mol. The van der Waals surface area contributed by atoms with E-state index in [1.165, 1.54) is 0 Å². The molecule has 1 fully saturated rings. The van der Waals surface area contributed by atoms with Gasteiger partial charge in [-0.3, -0.25) is 0 Å². The summed E-state index contributed by atoms with van der Waals surface area (Å²) in [6, 6.07) is 10.1. The highest BCUT2D eigenvalue weighted by Crippen LogP contribution is 2.41. The van der Waals surface area contributed by atoms with E-state index in [1.807, 2.05) is 37.3 Å². The number of rotatable bonds is 2. The summed E-state index contributed by atoms with van der Waals surface area (Å²) in [5.41, 5.74) is 1.89. The lowest BCUT2D eigenvalue weighted by Crippen LogP contribution is -2.11. The zero-order chi connectivity index (χ0) is 12.4. The standard InChI is InChI=1S/C13H12Br2O2/c1-8(14)11-10(7-17-13(11)16)12(15)9-5-3-2-4-6-9/h2-6,10,12H,7H2,1H3/b11-8-/t10-,12-/m0/s1. The van der Waals surface area contributed by atoms with Crippen LogP contribution in [0.1, 0.15) is 17.3 Å². The van der Waals surface area contributed by atoms with E-state index in [1.54, 1.807) is 0 Å². The summed E-state index contributed by atoms with van der Waals surface area (Å²) in [6.07, 6.45) is 0. The first-order valence-electron chi connectivity index (χ1n) is 5.33. The van der Waals surface area contributed by atoms with Crippen molar-refractivity contribution in [3.05, 3.63) is 46.0 Å². The lowest BCUT2D eigenvalue weighted by atomic mass is 9.94. The van der Waals surface area contributed by atoms with Crippen molar-refractivity contribution in [1.29, 1.82) is 0 Å². The monoisotopic (exact) mass is 358 g/mol. The Morgan fingerprint density at radius 2 is 2.06 bits per heavy atom. The van der Waals surface area contributed by atoms with E-state index in [-0.39, 0.29) is 16.7 Å². The number of allylic oxidation sites excluding steroid dienone is 1. The molecule has 2 atom stereocenters. The van der Waals surface area contributed by atoms with Crippen LogP contribution in [0.4, 0.5) is 0 Å². The first kappa shape index (κ1) is 12.8. The molecule has 0 radical (unpaired) electrons. The Bertz CT molecular complexity index is 450. The van der Waals surface area contributed by atoms with Gasteiger partial charge in [0.05, 0.1) is 5.57 Å². The highest BCUT2D eigenvalue weighted by Gasteiger charge is 2.37. The Kier molecular flexibility index (Phi) is 4.05. The zero-order valence-corrected chi connectivity index (χ0v) is 12.5. The number of benzene rings is 1. The molecule has 0 saturated carbocycles. The number of halogens is 2. The summed E-state index contributed by atoms with van der Waals surface area (Å²) < 4.78 is 5.98. The van der Waals surface area contributed by atoms with Crippen LogP contribution in [-0.4, -0.2) is 12.6 Å². The van der Waals surface area contributed by atoms with Gasteiger partial charge in [-0.2, -0.15) is 0 Å². The first-order chi connectivity index (χ1) is 8.11. The Hall–Kier alpha value is -0.610. The molecule has 0 amide bonds. The number of carbonyl (C=O) groups is 1. The van der Waals surface area contributed by atoms with Crippen LogP contribution in [0.25, 0.3) is 0 Å². The minimum Gasteiger partial charge on any atom is -0.462 e. The SMILES string of the molecule is C/C(Br)=C1/C(=O)OC[C@@H]1[C@@H](Br)c1ccccc1. The Balaban J connectivity index is 2.30. The molecule has 1 saturated heterocycles. The van der Waals surface area contributed by atoms with Gasteiger partial charge in [0, 0.05) is 15.2 Å². The van der Waals surface area contributed by atoms with E-state index in [0.717, 1.165) is 15.6 Å². The van der Waals surface area contributed by atoms with Crippen molar-refractivity contribution in [3.8, 4) is 0 Å². The second-order valence-corrected chi connectivity index (χ2v) is 6.14. The Labute approximate surface area is 117 Å².